The first-order valence-electron chi connectivity index (χ1n) is 12.0. The van der Waals surface area contributed by atoms with Gasteiger partial charge >= 0.3 is 0 Å². The van der Waals surface area contributed by atoms with Crippen LogP contribution in [-0.2, 0) is 6.54 Å². The Bertz CT molecular complexity index is 573. The first-order valence-corrected chi connectivity index (χ1v) is 12.0. The summed E-state index contributed by atoms with van der Waals surface area (Å²) in [7, 11) is 0. The van der Waals surface area contributed by atoms with Crippen molar-refractivity contribution >= 4 is 0 Å². The van der Waals surface area contributed by atoms with E-state index >= 15 is 0 Å². The first kappa shape index (κ1) is 20.4. The van der Waals surface area contributed by atoms with Gasteiger partial charge in [-0.2, -0.15) is 0 Å². The number of aryl methyl sites for hydroxylation is 1. The lowest BCUT2D eigenvalue weighted by Crippen LogP contribution is -2.46. The molecule has 158 valence electrons. The van der Waals surface area contributed by atoms with E-state index in [0.717, 1.165) is 24.3 Å². The highest BCUT2D eigenvalue weighted by Crippen LogP contribution is 2.28. The van der Waals surface area contributed by atoms with Crippen LogP contribution >= 0.6 is 0 Å². The molecule has 1 aliphatic carbocycles. The summed E-state index contributed by atoms with van der Waals surface area (Å²) in [5, 5.41) is 0. The van der Waals surface area contributed by atoms with Crippen molar-refractivity contribution in [1.82, 2.24) is 24.7 Å². The molecule has 1 N–H and O–H groups in total. The largest absolute Gasteiger partial charge is 0.345 e. The number of likely N-dealkylation sites (tertiary alicyclic amines) is 2. The summed E-state index contributed by atoms with van der Waals surface area (Å²) < 4.78 is 0. The molecule has 5 heteroatoms. The molecule has 0 aromatic carbocycles. The fraction of sp³-hybridized carbons (Fsp3) is 0.870. The monoisotopic (exact) mass is 387 g/mol. The molecule has 1 aromatic rings. The molecule has 0 bridgehead atoms. The molecule has 2 aliphatic heterocycles. The topological polar surface area (TPSA) is 38.4 Å². The second kappa shape index (κ2) is 10.2. The zero-order valence-electron chi connectivity index (χ0n) is 18.0. The quantitative estimate of drug-likeness (QED) is 0.739. The summed E-state index contributed by atoms with van der Waals surface area (Å²) in [6, 6.07) is 0.886. The Morgan fingerprint density at radius 1 is 1.04 bits per heavy atom. The normalized spacial score (nSPS) is 25.7. The van der Waals surface area contributed by atoms with Crippen molar-refractivity contribution in [1.29, 1.82) is 0 Å². The van der Waals surface area contributed by atoms with Crippen molar-refractivity contribution in [3.05, 3.63) is 17.7 Å². The molecule has 1 atom stereocenters. The molecule has 1 saturated carbocycles. The average molecular weight is 388 g/mol. The standard InChI is InChI=1S/C23H41N5/c1-20-16-24-23(25-20)19-27(15-14-26-11-5-2-6-12-26)17-21-8-7-13-28(18-21)22-9-3-4-10-22/h16,21-22H,2-15,17-19H2,1H3,(H,24,25)/t21-/m0/s1. The highest BCUT2D eigenvalue weighted by atomic mass is 15.2. The number of rotatable bonds is 8. The molecule has 28 heavy (non-hydrogen) atoms. The van der Waals surface area contributed by atoms with Gasteiger partial charge in [-0.25, -0.2) is 4.98 Å². The highest BCUT2D eigenvalue weighted by molar-refractivity contribution is 4.98. The van der Waals surface area contributed by atoms with Gasteiger partial charge < -0.3 is 14.8 Å². The Kier molecular flexibility index (Phi) is 7.43. The van der Waals surface area contributed by atoms with E-state index < -0.39 is 0 Å². The van der Waals surface area contributed by atoms with Gasteiger partial charge in [0.1, 0.15) is 5.82 Å². The molecule has 2 saturated heterocycles. The highest BCUT2D eigenvalue weighted by Gasteiger charge is 2.29. The maximum absolute atomic E-state index is 4.60. The lowest BCUT2D eigenvalue weighted by Gasteiger charge is -2.39. The van der Waals surface area contributed by atoms with Gasteiger partial charge in [-0.3, -0.25) is 4.90 Å². The van der Waals surface area contributed by atoms with Crippen LogP contribution in [0.1, 0.15) is 69.3 Å². The molecule has 3 heterocycles. The van der Waals surface area contributed by atoms with E-state index in [0.29, 0.717) is 0 Å². The molecular weight excluding hydrogens is 346 g/mol. The van der Waals surface area contributed by atoms with Crippen LogP contribution in [0.3, 0.4) is 0 Å². The molecule has 3 aliphatic rings. The number of piperidine rings is 2. The second-order valence-electron chi connectivity index (χ2n) is 9.59. The number of imidazole rings is 1. The van der Waals surface area contributed by atoms with E-state index in [4.69, 9.17) is 0 Å². The number of hydrogen-bond acceptors (Lipinski definition) is 4. The molecule has 5 nitrogen and oxygen atoms in total. The van der Waals surface area contributed by atoms with Gasteiger partial charge in [-0.05, 0) is 71.0 Å². The SMILES string of the molecule is Cc1cnc(CN(CCN2CCCCC2)C[C@@H]2CCCN(C3CCCC3)C2)[nH]1. The minimum absolute atomic E-state index is 0.826. The number of aromatic amines is 1. The second-order valence-corrected chi connectivity index (χ2v) is 9.59. The predicted molar refractivity (Wildman–Crippen MR) is 115 cm³/mol. The lowest BCUT2D eigenvalue weighted by atomic mass is 9.95. The fourth-order valence-electron chi connectivity index (χ4n) is 5.67. The molecule has 0 radical (unpaired) electrons. The van der Waals surface area contributed by atoms with Crippen molar-refractivity contribution < 1.29 is 0 Å². The molecule has 0 unspecified atom stereocenters. The van der Waals surface area contributed by atoms with E-state index in [1.807, 2.05) is 6.20 Å². The summed E-state index contributed by atoms with van der Waals surface area (Å²) in [6.45, 7) is 12.0. The van der Waals surface area contributed by atoms with Gasteiger partial charge in [0.05, 0.1) is 6.54 Å². The van der Waals surface area contributed by atoms with Crippen LogP contribution in [0.25, 0.3) is 0 Å². The first-order chi connectivity index (χ1) is 13.8. The van der Waals surface area contributed by atoms with Crippen LogP contribution in [0.4, 0.5) is 0 Å². The molecular formula is C23H41N5. The lowest BCUT2D eigenvalue weighted by molar-refractivity contribution is 0.0904. The Balaban J connectivity index is 1.33. The van der Waals surface area contributed by atoms with Crippen LogP contribution in [0.2, 0.25) is 0 Å². The van der Waals surface area contributed by atoms with Crippen LogP contribution in [0.5, 0.6) is 0 Å². The smallest absolute Gasteiger partial charge is 0.120 e. The molecule has 0 amide bonds. The van der Waals surface area contributed by atoms with Crippen LogP contribution in [-0.4, -0.2) is 76.5 Å². The van der Waals surface area contributed by atoms with Crippen molar-refractivity contribution in [2.24, 2.45) is 5.92 Å². The molecule has 4 rings (SSSR count). The van der Waals surface area contributed by atoms with Crippen LogP contribution in [0.15, 0.2) is 6.20 Å². The fourth-order valence-corrected chi connectivity index (χ4v) is 5.67. The van der Waals surface area contributed by atoms with Crippen molar-refractivity contribution in [2.45, 2.75) is 77.3 Å². The summed E-state index contributed by atoms with van der Waals surface area (Å²) in [4.78, 5) is 16.3. The average Bonchev–Trinajstić information content (AvgIpc) is 3.39. The van der Waals surface area contributed by atoms with Gasteiger partial charge in [0, 0.05) is 44.1 Å². The molecule has 0 spiro atoms. The summed E-state index contributed by atoms with van der Waals surface area (Å²) in [5.74, 6) is 1.96. The minimum Gasteiger partial charge on any atom is -0.345 e. The zero-order valence-corrected chi connectivity index (χ0v) is 18.0. The number of aromatic nitrogens is 2. The summed E-state index contributed by atoms with van der Waals surface area (Å²) in [5.41, 5.74) is 1.18. The van der Waals surface area contributed by atoms with E-state index in [-0.39, 0.29) is 0 Å². The van der Waals surface area contributed by atoms with Crippen LogP contribution in [0, 0.1) is 12.8 Å². The third-order valence-electron chi connectivity index (χ3n) is 7.22. The Morgan fingerprint density at radius 3 is 2.61 bits per heavy atom. The predicted octanol–water partition coefficient (Wildman–Crippen LogP) is 3.66. The Morgan fingerprint density at radius 2 is 1.86 bits per heavy atom. The van der Waals surface area contributed by atoms with Gasteiger partial charge in [0.25, 0.3) is 0 Å². The number of hydrogen-bond donors (Lipinski definition) is 1. The van der Waals surface area contributed by atoms with E-state index in [9.17, 15) is 0 Å². The summed E-state index contributed by atoms with van der Waals surface area (Å²) >= 11 is 0. The summed E-state index contributed by atoms with van der Waals surface area (Å²) in [6.07, 6.45) is 14.7. The number of H-pyrrole nitrogens is 1. The Labute approximate surface area is 171 Å². The number of nitrogens with zero attached hydrogens (tertiary/aromatic N) is 4. The van der Waals surface area contributed by atoms with Crippen LogP contribution < -0.4 is 0 Å². The maximum atomic E-state index is 4.60. The Hall–Kier alpha value is -0.910. The third kappa shape index (κ3) is 5.80. The van der Waals surface area contributed by atoms with E-state index in [1.165, 1.54) is 109 Å². The minimum atomic E-state index is 0.826. The van der Waals surface area contributed by atoms with Gasteiger partial charge in [-0.15, -0.1) is 0 Å². The zero-order chi connectivity index (χ0) is 19.2. The van der Waals surface area contributed by atoms with Gasteiger partial charge in [-0.1, -0.05) is 19.3 Å². The van der Waals surface area contributed by atoms with E-state index in [1.54, 1.807) is 0 Å². The van der Waals surface area contributed by atoms with E-state index in [2.05, 4.69) is 31.6 Å². The van der Waals surface area contributed by atoms with Crippen molar-refractivity contribution in [3.63, 3.8) is 0 Å². The number of nitrogens with one attached hydrogen (secondary N) is 1. The maximum Gasteiger partial charge on any atom is 0.120 e. The third-order valence-corrected chi connectivity index (χ3v) is 7.22. The molecule has 3 fully saturated rings. The van der Waals surface area contributed by atoms with Gasteiger partial charge in [0.2, 0.25) is 0 Å². The van der Waals surface area contributed by atoms with Crippen molar-refractivity contribution in [2.75, 3.05) is 45.8 Å². The van der Waals surface area contributed by atoms with Crippen molar-refractivity contribution in [3.8, 4) is 0 Å². The molecule has 1 aromatic heterocycles. The van der Waals surface area contributed by atoms with Gasteiger partial charge in [0.15, 0.2) is 0 Å².